The lowest BCUT2D eigenvalue weighted by Gasteiger charge is -1.91. The van der Waals surface area contributed by atoms with E-state index in [0.717, 1.165) is 0 Å². The molecule has 0 saturated carbocycles. The van der Waals surface area contributed by atoms with Gasteiger partial charge in [-0.1, -0.05) is 59.7 Å². The molecule has 0 saturated heterocycles. The van der Waals surface area contributed by atoms with Crippen LogP contribution in [0, 0.1) is 0 Å². The van der Waals surface area contributed by atoms with Gasteiger partial charge in [0.2, 0.25) is 0 Å². The van der Waals surface area contributed by atoms with Crippen LogP contribution < -0.4 is 0 Å². The first-order valence-corrected chi connectivity index (χ1v) is 9.81. The van der Waals surface area contributed by atoms with Gasteiger partial charge in [-0.3, -0.25) is 0 Å². The van der Waals surface area contributed by atoms with Gasteiger partial charge in [0.1, 0.15) is 23.0 Å². The predicted molar refractivity (Wildman–Crippen MR) is 123 cm³/mol. The van der Waals surface area contributed by atoms with Crippen molar-refractivity contribution in [3.05, 3.63) is 72.8 Å². The Morgan fingerprint density at radius 1 is 0.367 bits per heavy atom. The Balaban J connectivity index is -0.000000323. The first-order chi connectivity index (χ1) is 14.4. The van der Waals surface area contributed by atoms with E-state index in [4.69, 9.17) is 30.6 Å². The standard InChI is InChI=1S/3C6H6O2.3C2H6/c7-5-1-2-6(8)4-3-5;7-5-2-1-3-6(8)4-5;7-5-3-1-2-4-6(5)8;3*1-2/h3*1-4,7-8H;3*1-2H3. The highest BCUT2D eigenvalue weighted by Gasteiger charge is 1.90. The molecule has 0 aliphatic heterocycles. The van der Waals surface area contributed by atoms with Gasteiger partial charge in [-0.05, 0) is 48.5 Å². The molecule has 6 heteroatoms. The summed E-state index contributed by atoms with van der Waals surface area (Å²) >= 11 is 0. The summed E-state index contributed by atoms with van der Waals surface area (Å²) in [5.74, 6) is 0.362. The molecule has 3 aromatic carbocycles. The molecule has 0 spiro atoms. The Morgan fingerprint density at radius 3 is 0.867 bits per heavy atom. The van der Waals surface area contributed by atoms with E-state index in [2.05, 4.69) is 0 Å². The molecule has 0 atom stereocenters. The first-order valence-electron chi connectivity index (χ1n) is 9.81. The van der Waals surface area contributed by atoms with Crippen molar-refractivity contribution in [2.24, 2.45) is 0 Å². The van der Waals surface area contributed by atoms with Crippen molar-refractivity contribution in [2.75, 3.05) is 0 Å². The zero-order chi connectivity index (χ0) is 23.9. The summed E-state index contributed by atoms with van der Waals surface area (Å²) in [4.78, 5) is 0. The third-order valence-corrected chi connectivity index (χ3v) is 2.56. The summed E-state index contributed by atoms with van der Waals surface area (Å²) < 4.78 is 0. The monoisotopic (exact) mass is 420 g/mol. The normalized spacial score (nSPS) is 7.80. The second-order valence-corrected chi connectivity index (χ2v) is 4.52. The van der Waals surface area contributed by atoms with Crippen LogP contribution in [0.2, 0.25) is 0 Å². The predicted octanol–water partition coefficient (Wildman–Crippen LogP) is 6.37. The van der Waals surface area contributed by atoms with Gasteiger partial charge in [-0.25, -0.2) is 0 Å². The van der Waals surface area contributed by atoms with Crippen molar-refractivity contribution in [1.82, 2.24) is 0 Å². The van der Waals surface area contributed by atoms with Crippen molar-refractivity contribution in [1.29, 1.82) is 0 Å². The number of phenolic OH excluding ortho intramolecular Hbond substituents is 6. The number of hydrogen-bond donors (Lipinski definition) is 6. The molecule has 0 unspecified atom stereocenters. The Kier molecular flexibility index (Phi) is 22.6. The van der Waals surface area contributed by atoms with Gasteiger partial charge in [0.05, 0.1) is 0 Å². The maximum absolute atomic E-state index is 8.67. The van der Waals surface area contributed by atoms with Crippen molar-refractivity contribution < 1.29 is 30.6 Å². The van der Waals surface area contributed by atoms with E-state index in [1.54, 1.807) is 18.2 Å². The van der Waals surface area contributed by atoms with E-state index in [-0.39, 0.29) is 34.5 Å². The largest absolute Gasteiger partial charge is 0.508 e. The van der Waals surface area contributed by atoms with Crippen molar-refractivity contribution in [3.8, 4) is 34.5 Å². The minimum Gasteiger partial charge on any atom is -0.508 e. The molecule has 0 amide bonds. The fourth-order valence-electron chi connectivity index (χ4n) is 1.41. The van der Waals surface area contributed by atoms with Crippen LogP contribution in [0.5, 0.6) is 34.5 Å². The average Bonchev–Trinajstić information content (AvgIpc) is 2.77. The van der Waals surface area contributed by atoms with Crippen molar-refractivity contribution in [2.45, 2.75) is 41.5 Å². The highest BCUT2D eigenvalue weighted by Crippen LogP contribution is 2.21. The van der Waals surface area contributed by atoms with E-state index < -0.39 is 0 Å². The molecule has 0 fully saturated rings. The molecule has 0 aromatic heterocycles. The Labute approximate surface area is 180 Å². The molecular weight excluding hydrogens is 384 g/mol. The van der Waals surface area contributed by atoms with E-state index in [9.17, 15) is 0 Å². The van der Waals surface area contributed by atoms with Gasteiger partial charge < -0.3 is 30.6 Å². The van der Waals surface area contributed by atoms with Crippen LogP contribution in [0.25, 0.3) is 0 Å². The topological polar surface area (TPSA) is 121 Å². The zero-order valence-electron chi connectivity index (χ0n) is 18.6. The minimum atomic E-state index is -0.0764. The fraction of sp³-hybridized carbons (Fsp3) is 0.250. The van der Waals surface area contributed by atoms with Crippen molar-refractivity contribution in [3.63, 3.8) is 0 Å². The molecule has 3 aromatic rings. The number of benzene rings is 3. The summed E-state index contributed by atoms with van der Waals surface area (Å²) in [6, 6.07) is 17.7. The Hall–Kier alpha value is -3.54. The van der Waals surface area contributed by atoms with E-state index in [0.29, 0.717) is 0 Å². The second kappa shape index (κ2) is 21.8. The maximum Gasteiger partial charge on any atom is 0.157 e. The molecule has 0 heterocycles. The SMILES string of the molecule is CC.CC.CC.Oc1ccc(O)cc1.Oc1cccc(O)c1.Oc1ccccc1O. The lowest BCUT2D eigenvalue weighted by Crippen LogP contribution is -1.63. The molecule has 0 bridgehead atoms. The third-order valence-electron chi connectivity index (χ3n) is 2.56. The minimum absolute atomic E-state index is 0.0764. The highest BCUT2D eigenvalue weighted by molar-refractivity contribution is 5.36. The first kappa shape index (κ1) is 31.2. The smallest absolute Gasteiger partial charge is 0.157 e. The van der Waals surface area contributed by atoms with Gasteiger partial charge in [0.25, 0.3) is 0 Å². The number of para-hydroxylation sites is 2. The van der Waals surface area contributed by atoms with Crippen LogP contribution in [-0.4, -0.2) is 30.6 Å². The summed E-state index contributed by atoms with van der Waals surface area (Å²) in [6.07, 6.45) is 0. The van der Waals surface area contributed by atoms with E-state index >= 15 is 0 Å². The van der Waals surface area contributed by atoms with Gasteiger partial charge in [0.15, 0.2) is 11.5 Å². The summed E-state index contributed by atoms with van der Waals surface area (Å²) in [5.41, 5.74) is 0. The molecule has 0 aliphatic rings. The van der Waals surface area contributed by atoms with Crippen LogP contribution in [0.1, 0.15) is 41.5 Å². The summed E-state index contributed by atoms with van der Waals surface area (Å²) in [7, 11) is 0. The highest BCUT2D eigenvalue weighted by atomic mass is 16.3. The maximum atomic E-state index is 8.67. The van der Waals surface area contributed by atoms with Crippen LogP contribution in [0.4, 0.5) is 0 Å². The Morgan fingerprint density at radius 2 is 0.667 bits per heavy atom. The van der Waals surface area contributed by atoms with Crippen LogP contribution in [0.15, 0.2) is 72.8 Å². The number of phenols is 6. The average molecular weight is 421 g/mol. The molecule has 3 rings (SSSR count). The van der Waals surface area contributed by atoms with E-state index in [1.807, 2.05) is 41.5 Å². The molecule has 168 valence electrons. The molecular formula is C24H36O6. The molecule has 30 heavy (non-hydrogen) atoms. The molecule has 6 N–H and O–H groups in total. The zero-order valence-corrected chi connectivity index (χ0v) is 18.6. The molecule has 6 nitrogen and oxygen atoms in total. The molecule has 0 aliphatic carbocycles. The van der Waals surface area contributed by atoms with Gasteiger partial charge in [-0.2, -0.15) is 0 Å². The summed E-state index contributed by atoms with van der Waals surface area (Å²) in [5, 5.41) is 51.9. The van der Waals surface area contributed by atoms with Crippen molar-refractivity contribution >= 4 is 0 Å². The Bertz CT molecular complexity index is 683. The number of rotatable bonds is 0. The third kappa shape index (κ3) is 17.9. The number of hydrogen-bond acceptors (Lipinski definition) is 6. The van der Waals surface area contributed by atoms with Gasteiger partial charge >= 0.3 is 0 Å². The lowest BCUT2D eigenvalue weighted by molar-refractivity contribution is 0.404. The summed E-state index contributed by atoms with van der Waals surface area (Å²) in [6.45, 7) is 12.0. The molecule has 0 radical (unpaired) electrons. The number of aromatic hydroxyl groups is 6. The van der Waals surface area contributed by atoms with Crippen LogP contribution in [0.3, 0.4) is 0 Å². The van der Waals surface area contributed by atoms with Gasteiger partial charge in [0, 0.05) is 6.07 Å². The van der Waals surface area contributed by atoms with Gasteiger partial charge in [-0.15, -0.1) is 0 Å². The fourth-order valence-corrected chi connectivity index (χ4v) is 1.41. The lowest BCUT2D eigenvalue weighted by atomic mass is 10.3. The second-order valence-electron chi connectivity index (χ2n) is 4.52. The van der Waals surface area contributed by atoms with Crippen LogP contribution >= 0.6 is 0 Å². The van der Waals surface area contributed by atoms with Crippen LogP contribution in [-0.2, 0) is 0 Å². The van der Waals surface area contributed by atoms with E-state index in [1.165, 1.54) is 54.6 Å². The quantitative estimate of drug-likeness (QED) is 0.186.